The first kappa shape index (κ1) is 20.1. The van der Waals surface area contributed by atoms with E-state index < -0.39 is 12.1 Å². The third kappa shape index (κ3) is 3.39. The van der Waals surface area contributed by atoms with Crippen LogP contribution in [-0.2, 0) is 16.6 Å². The highest BCUT2D eigenvalue weighted by atomic mass is 19.4. The van der Waals surface area contributed by atoms with Gasteiger partial charge in [0.1, 0.15) is 23.8 Å². The number of hydrogen-bond donors (Lipinski definition) is 4. The summed E-state index contributed by atoms with van der Waals surface area (Å²) in [5.74, 6) is -0.716. The van der Waals surface area contributed by atoms with E-state index in [9.17, 15) is 18.3 Å². The molecular weight excluding hydrogens is 389 g/mol. The molecule has 0 radical (unpaired) electrons. The Morgan fingerprint density at radius 2 is 2.00 bits per heavy atom. The fourth-order valence-electron chi connectivity index (χ4n) is 5.68. The number of carboxylic acids is 1. The third-order valence-corrected chi connectivity index (χ3v) is 6.78. The molecule has 0 spiro atoms. The molecule has 1 saturated heterocycles. The first-order valence-corrected chi connectivity index (χ1v) is 10.0. The van der Waals surface area contributed by atoms with E-state index in [4.69, 9.17) is 14.6 Å². The van der Waals surface area contributed by atoms with Crippen LogP contribution in [0, 0.1) is 5.92 Å². The fraction of sp³-hybridized carbons (Fsp3) is 0.650. The Labute approximate surface area is 166 Å². The van der Waals surface area contributed by atoms with Gasteiger partial charge in [0, 0.05) is 23.6 Å². The maximum absolute atomic E-state index is 10.6. The van der Waals surface area contributed by atoms with E-state index in [2.05, 4.69) is 16.7 Å². The number of anilines is 1. The zero-order valence-corrected chi connectivity index (χ0v) is 15.9. The summed E-state index contributed by atoms with van der Waals surface area (Å²) >= 11 is 0. The van der Waals surface area contributed by atoms with Crippen molar-refractivity contribution in [3.05, 3.63) is 17.2 Å². The van der Waals surface area contributed by atoms with Crippen LogP contribution in [0.4, 0.5) is 18.9 Å². The van der Waals surface area contributed by atoms with Crippen LogP contribution in [-0.4, -0.2) is 48.1 Å². The summed E-state index contributed by atoms with van der Waals surface area (Å²) in [5.41, 5.74) is 3.84. The van der Waals surface area contributed by atoms with Crippen molar-refractivity contribution in [1.82, 2.24) is 5.32 Å². The van der Waals surface area contributed by atoms with Crippen molar-refractivity contribution in [2.75, 3.05) is 25.0 Å². The second-order valence-electron chi connectivity index (χ2n) is 8.23. The average Bonchev–Trinajstić information content (AvgIpc) is 2.69. The van der Waals surface area contributed by atoms with Crippen molar-refractivity contribution < 1.29 is 32.9 Å². The molecule has 4 N–H and O–H groups in total. The predicted octanol–water partition coefficient (Wildman–Crippen LogP) is 3.18. The van der Waals surface area contributed by atoms with Gasteiger partial charge >= 0.3 is 12.1 Å². The number of aromatic hydroxyl groups is 1. The van der Waals surface area contributed by atoms with Crippen molar-refractivity contribution >= 4 is 11.7 Å². The highest BCUT2D eigenvalue weighted by Crippen LogP contribution is 2.57. The summed E-state index contributed by atoms with van der Waals surface area (Å²) in [7, 11) is 0. The molecule has 5 rings (SSSR count). The normalized spacial score (nSPS) is 29.6. The molecular formula is C20H25F3N2O4. The Hall–Kier alpha value is -2.16. The standard InChI is InChI=1S/C18H24N2O2.C2HF3O2/c21-15-10-13-11(17-16(15)20-7-8-22-17)9-14-12-3-1-2-4-18(12,13)5-6-19-14;3-2(4,5)1(6)7/h10,12,14,19-21H,1-9H2;(H,6,7)/t12-,14+,18+;/m1./s1. The van der Waals surface area contributed by atoms with E-state index >= 15 is 0 Å². The van der Waals surface area contributed by atoms with Gasteiger partial charge in [-0.15, -0.1) is 0 Å². The van der Waals surface area contributed by atoms with Crippen molar-refractivity contribution in [3.63, 3.8) is 0 Å². The van der Waals surface area contributed by atoms with Crippen LogP contribution < -0.4 is 15.4 Å². The zero-order valence-electron chi connectivity index (χ0n) is 15.9. The number of carbonyl (C=O) groups is 1. The molecule has 1 saturated carbocycles. The van der Waals surface area contributed by atoms with Gasteiger partial charge in [0.2, 0.25) is 0 Å². The number of nitrogens with one attached hydrogen (secondary N) is 2. The molecule has 1 aromatic rings. The van der Waals surface area contributed by atoms with Crippen molar-refractivity contribution in [3.8, 4) is 11.5 Å². The van der Waals surface area contributed by atoms with Crippen molar-refractivity contribution in [2.24, 2.45) is 5.92 Å². The molecule has 2 bridgehead atoms. The lowest BCUT2D eigenvalue weighted by atomic mass is 9.52. The average molecular weight is 414 g/mol. The van der Waals surface area contributed by atoms with Gasteiger partial charge in [-0.3, -0.25) is 0 Å². The number of halogens is 3. The van der Waals surface area contributed by atoms with Gasteiger partial charge < -0.3 is 25.6 Å². The Morgan fingerprint density at radius 1 is 1.24 bits per heavy atom. The van der Waals surface area contributed by atoms with Gasteiger partial charge in [-0.05, 0) is 49.8 Å². The third-order valence-electron chi connectivity index (χ3n) is 6.78. The largest absolute Gasteiger partial charge is 0.506 e. The van der Waals surface area contributed by atoms with Gasteiger partial charge in [0.15, 0.2) is 0 Å². The second-order valence-corrected chi connectivity index (χ2v) is 8.23. The van der Waals surface area contributed by atoms with E-state index in [1.807, 2.05) is 0 Å². The molecule has 0 aromatic heterocycles. The number of piperidine rings is 1. The maximum Gasteiger partial charge on any atom is 0.490 e. The van der Waals surface area contributed by atoms with Gasteiger partial charge in [-0.1, -0.05) is 12.8 Å². The van der Waals surface area contributed by atoms with Crippen molar-refractivity contribution in [2.45, 2.75) is 56.2 Å². The summed E-state index contributed by atoms with van der Waals surface area (Å²) in [5, 5.41) is 24.8. The predicted molar refractivity (Wildman–Crippen MR) is 99.5 cm³/mol. The van der Waals surface area contributed by atoms with Crippen LogP contribution in [0.5, 0.6) is 11.5 Å². The molecule has 4 aliphatic rings. The molecule has 9 heteroatoms. The SMILES string of the molecule is O=C(O)C(F)(F)F.Oc1cc2c(c3c1NCCO3)C[C@@H]1NCC[C@]23CCCC[C@H]13. The summed E-state index contributed by atoms with van der Waals surface area (Å²) in [6.07, 6.45) is 2.44. The summed E-state index contributed by atoms with van der Waals surface area (Å²) in [4.78, 5) is 8.90. The number of aliphatic carboxylic acids is 1. The van der Waals surface area contributed by atoms with Crippen LogP contribution >= 0.6 is 0 Å². The lowest BCUT2D eigenvalue weighted by molar-refractivity contribution is -0.192. The molecule has 160 valence electrons. The highest BCUT2D eigenvalue weighted by Gasteiger charge is 2.52. The molecule has 2 aliphatic carbocycles. The first-order valence-electron chi connectivity index (χ1n) is 10.0. The van der Waals surface area contributed by atoms with E-state index in [-0.39, 0.29) is 5.41 Å². The minimum absolute atomic E-state index is 0.273. The Bertz CT molecular complexity index is 810. The fourth-order valence-corrected chi connectivity index (χ4v) is 5.68. The van der Waals surface area contributed by atoms with Crippen molar-refractivity contribution in [1.29, 1.82) is 0 Å². The van der Waals surface area contributed by atoms with Crippen LogP contribution in [0.3, 0.4) is 0 Å². The molecule has 0 amide bonds. The Morgan fingerprint density at radius 3 is 2.72 bits per heavy atom. The highest BCUT2D eigenvalue weighted by molar-refractivity contribution is 5.73. The zero-order chi connectivity index (χ0) is 20.8. The number of alkyl halides is 3. The molecule has 3 atom stereocenters. The topological polar surface area (TPSA) is 90.8 Å². The molecule has 6 nitrogen and oxygen atoms in total. The van der Waals surface area contributed by atoms with Gasteiger partial charge in [-0.25, -0.2) is 4.79 Å². The molecule has 2 heterocycles. The van der Waals surface area contributed by atoms with Gasteiger partial charge in [0.25, 0.3) is 0 Å². The number of phenols is 1. The summed E-state index contributed by atoms with van der Waals surface area (Å²) in [6, 6.07) is 2.65. The number of benzene rings is 1. The molecule has 2 aliphatic heterocycles. The van der Waals surface area contributed by atoms with Crippen LogP contribution in [0.25, 0.3) is 0 Å². The summed E-state index contributed by atoms with van der Waals surface area (Å²) in [6.45, 7) is 2.57. The summed E-state index contributed by atoms with van der Waals surface area (Å²) < 4.78 is 37.7. The van der Waals surface area contributed by atoms with Gasteiger partial charge in [0.05, 0.1) is 0 Å². The molecule has 29 heavy (non-hydrogen) atoms. The quantitative estimate of drug-likeness (QED) is 0.488. The molecule has 2 fully saturated rings. The van der Waals surface area contributed by atoms with Gasteiger partial charge in [-0.2, -0.15) is 13.2 Å². The monoisotopic (exact) mass is 414 g/mol. The maximum atomic E-state index is 10.6. The van der Waals surface area contributed by atoms with Crippen LogP contribution in [0.15, 0.2) is 6.07 Å². The first-order chi connectivity index (χ1) is 13.7. The van der Waals surface area contributed by atoms with E-state index in [1.54, 1.807) is 0 Å². The van der Waals surface area contributed by atoms with E-state index in [0.29, 0.717) is 18.4 Å². The molecule has 0 unspecified atom stereocenters. The number of fused-ring (bicyclic) bond motifs is 3. The number of ether oxygens (including phenoxy) is 1. The lowest BCUT2D eigenvalue weighted by Gasteiger charge is -2.56. The number of hydrogen-bond acceptors (Lipinski definition) is 5. The number of carboxylic acid groups (broad SMARTS) is 1. The number of rotatable bonds is 0. The van der Waals surface area contributed by atoms with Crippen LogP contribution in [0.1, 0.15) is 43.2 Å². The lowest BCUT2D eigenvalue weighted by Crippen LogP contribution is -2.59. The Balaban J connectivity index is 0.000000255. The Kier molecular flexibility index (Phi) is 5.04. The number of phenolic OH excluding ortho intramolecular Hbond substituents is 1. The smallest absolute Gasteiger partial charge is 0.490 e. The minimum atomic E-state index is -5.08. The minimum Gasteiger partial charge on any atom is -0.506 e. The second kappa shape index (κ2) is 7.27. The van der Waals surface area contributed by atoms with E-state index in [0.717, 1.165) is 36.9 Å². The molecule has 1 aromatic carbocycles. The van der Waals surface area contributed by atoms with E-state index in [1.165, 1.54) is 43.2 Å². The van der Waals surface area contributed by atoms with Crippen LogP contribution in [0.2, 0.25) is 0 Å².